The first-order valence-corrected chi connectivity index (χ1v) is 6.98. The summed E-state index contributed by atoms with van der Waals surface area (Å²) >= 11 is 1.17. The van der Waals surface area contributed by atoms with Crippen molar-refractivity contribution in [3.05, 3.63) is 34.5 Å². The maximum Gasteiger partial charge on any atom is 0.326 e. The fraction of sp³-hybridized carbons (Fsp3) is 0.286. The minimum atomic E-state index is -1.06. The third-order valence-corrected chi connectivity index (χ3v) is 4.37. The lowest BCUT2D eigenvalue weighted by Gasteiger charge is -2.11. The summed E-state index contributed by atoms with van der Waals surface area (Å²) in [6, 6.07) is 3.43. The number of carbonyl (C=O) groups is 2. The highest BCUT2D eigenvalue weighted by Gasteiger charge is 2.21. The Morgan fingerprint density at radius 1 is 1.45 bits per heavy atom. The van der Waals surface area contributed by atoms with Crippen LogP contribution in [0.25, 0.3) is 10.1 Å². The van der Waals surface area contributed by atoms with Crippen LogP contribution in [0.3, 0.4) is 0 Å². The molecule has 1 unspecified atom stereocenters. The van der Waals surface area contributed by atoms with Crippen LogP contribution >= 0.6 is 11.3 Å². The van der Waals surface area contributed by atoms with Crippen molar-refractivity contribution in [2.75, 3.05) is 0 Å². The average Bonchev–Trinajstić information content (AvgIpc) is 2.72. The number of carbonyl (C=O) groups excluding carboxylic acids is 1. The molecule has 0 aliphatic heterocycles. The van der Waals surface area contributed by atoms with Crippen molar-refractivity contribution < 1.29 is 19.1 Å². The Morgan fingerprint density at radius 3 is 2.75 bits per heavy atom. The predicted molar refractivity (Wildman–Crippen MR) is 75.7 cm³/mol. The van der Waals surface area contributed by atoms with Crippen LogP contribution in [-0.4, -0.2) is 23.0 Å². The molecule has 4 nitrogen and oxygen atoms in total. The number of aryl methyl sites for hydroxylation is 1. The van der Waals surface area contributed by atoms with Gasteiger partial charge in [-0.2, -0.15) is 0 Å². The summed E-state index contributed by atoms with van der Waals surface area (Å²) in [5, 5.41) is 12.2. The van der Waals surface area contributed by atoms with E-state index in [1.807, 2.05) is 0 Å². The minimum absolute atomic E-state index is 0.305. The molecule has 0 spiro atoms. The van der Waals surface area contributed by atoms with Crippen LogP contribution in [0.1, 0.15) is 28.6 Å². The largest absolute Gasteiger partial charge is 0.480 e. The van der Waals surface area contributed by atoms with Gasteiger partial charge in [0.25, 0.3) is 5.91 Å². The van der Waals surface area contributed by atoms with E-state index in [9.17, 15) is 14.0 Å². The topological polar surface area (TPSA) is 66.4 Å². The Labute approximate surface area is 119 Å². The summed E-state index contributed by atoms with van der Waals surface area (Å²) in [5.41, 5.74) is 0.739. The van der Waals surface area contributed by atoms with Crippen LogP contribution in [0.4, 0.5) is 4.39 Å². The van der Waals surface area contributed by atoms with E-state index < -0.39 is 17.9 Å². The third-order valence-electron chi connectivity index (χ3n) is 3.12. The number of thiophene rings is 1. The number of amides is 1. The Hall–Kier alpha value is -1.95. The van der Waals surface area contributed by atoms with Gasteiger partial charge in [-0.1, -0.05) is 13.0 Å². The first-order valence-electron chi connectivity index (χ1n) is 6.16. The van der Waals surface area contributed by atoms with E-state index in [1.54, 1.807) is 19.9 Å². The molecule has 0 aliphatic carbocycles. The molecule has 0 fully saturated rings. The summed E-state index contributed by atoms with van der Waals surface area (Å²) in [7, 11) is 0. The maximum atomic E-state index is 13.2. The molecule has 0 saturated heterocycles. The second kappa shape index (κ2) is 5.58. The Morgan fingerprint density at radius 2 is 2.15 bits per heavy atom. The highest BCUT2D eigenvalue weighted by molar-refractivity contribution is 7.21. The second-order valence-corrected chi connectivity index (χ2v) is 5.52. The van der Waals surface area contributed by atoms with Gasteiger partial charge < -0.3 is 10.4 Å². The van der Waals surface area contributed by atoms with E-state index in [0.29, 0.717) is 16.0 Å². The Bertz CT molecular complexity index is 680. The molecule has 1 aromatic carbocycles. The molecule has 2 N–H and O–H groups in total. The van der Waals surface area contributed by atoms with Gasteiger partial charge in [-0.3, -0.25) is 4.79 Å². The highest BCUT2D eigenvalue weighted by Crippen LogP contribution is 2.31. The van der Waals surface area contributed by atoms with Crippen LogP contribution in [0, 0.1) is 12.7 Å². The van der Waals surface area contributed by atoms with Gasteiger partial charge in [0.05, 0.1) is 4.88 Å². The predicted octanol–water partition coefficient (Wildman–Crippen LogP) is 2.94. The average molecular weight is 295 g/mol. The van der Waals surface area contributed by atoms with E-state index in [0.717, 1.165) is 10.9 Å². The first-order chi connectivity index (χ1) is 9.43. The molecular formula is C14H14FNO3S. The lowest BCUT2D eigenvalue weighted by Crippen LogP contribution is -2.40. The summed E-state index contributed by atoms with van der Waals surface area (Å²) in [4.78, 5) is 23.5. The zero-order valence-corrected chi connectivity index (χ0v) is 11.9. The summed E-state index contributed by atoms with van der Waals surface area (Å²) in [6.45, 7) is 3.46. The number of hydrogen-bond acceptors (Lipinski definition) is 3. The molecule has 1 heterocycles. The van der Waals surface area contributed by atoms with Crippen molar-refractivity contribution in [2.24, 2.45) is 0 Å². The van der Waals surface area contributed by atoms with Crippen molar-refractivity contribution in [3.8, 4) is 0 Å². The number of aliphatic carboxylic acids is 1. The molecule has 2 rings (SSSR count). The standard InChI is InChI=1S/C14H14FNO3S/c1-3-10(14(18)19)16-13(17)12-7(2)9-5-4-8(15)6-11(9)20-12/h4-6,10H,3H2,1-2H3,(H,16,17)(H,18,19). The molecule has 2 aromatic rings. The smallest absolute Gasteiger partial charge is 0.326 e. The van der Waals surface area contributed by atoms with Crippen LogP contribution in [0.15, 0.2) is 18.2 Å². The van der Waals surface area contributed by atoms with Crippen molar-refractivity contribution in [3.63, 3.8) is 0 Å². The maximum absolute atomic E-state index is 13.2. The van der Waals surface area contributed by atoms with Gasteiger partial charge >= 0.3 is 5.97 Å². The molecule has 0 bridgehead atoms. The van der Waals surface area contributed by atoms with Gasteiger partial charge in [-0.05, 0) is 36.4 Å². The van der Waals surface area contributed by atoms with Gasteiger partial charge in [-0.25, -0.2) is 9.18 Å². The minimum Gasteiger partial charge on any atom is -0.480 e. The molecule has 1 atom stereocenters. The Kier molecular flexibility index (Phi) is 4.04. The Balaban J connectivity index is 2.35. The zero-order valence-electron chi connectivity index (χ0n) is 11.1. The zero-order chi connectivity index (χ0) is 14.9. The summed E-state index contributed by atoms with van der Waals surface area (Å²) < 4.78 is 13.9. The van der Waals surface area contributed by atoms with Gasteiger partial charge in [-0.15, -0.1) is 11.3 Å². The van der Waals surface area contributed by atoms with Crippen LogP contribution in [0.2, 0.25) is 0 Å². The fourth-order valence-electron chi connectivity index (χ4n) is 1.98. The fourth-order valence-corrected chi connectivity index (χ4v) is 3.12. The van der Waals surface area contributed by atoms with Crippen molar-refractivity contribution in [2.45, 2.75) is 26.3 Å². The number of carboxylic acid groups (broad SMARTS) is 1. The number of fused-ring (bicyclic) bond motifs is 1. The number of hydrogen-bond donors (Lipinski definition) is 2. The molecule has 0 saturated carbocycles. The normalized spacial score (nSPS) is 12.3. The van der Waals surface area contributed by atoms with E-state index in [4.69, 9.17) is 5.11 Å². The molecule has 0 radical (unpaired) electrons. The summed E-state index contributed by atoms with van der Waals surface area (Å²) in [5.74, 6) is -1.85. The van der Waals surface area contributed by atoms with E-state index in [2.05, 4.69) is 5.32 Å². The van der Waals surface area contributed by atoms with Crippen LogP contribution in [-0.2, 0) is 4.79 Å². The van der Waals surface area contributed by atoms with Crippen LogP contribution in [0.5, 0.6) is 0 Å². The van der Waals surface area contributed by atoms with Crippen molar-refractivity contribution in [1.82, 2.24) is 5.32 Å². The van der Waals surface area contributed by atoms with E-state index in [1.165, 1.54) is 23.5 Å². The second-order valence-electron chi connectivity index (χ2n) is 4.47. The SMILES string of the molecule is CCC(NC(=O)c1sc2cc(F)ccc2c1C)C(=O)O. The van der Waals surface area contributed by atoms with E-state index >= 15 is 0 Å². The molecule has 1 aromatic heterocycles. The van der Waals surface area contributed by atoms with Gasteiger partial charge in [0.15, 0.2) is 0 Å². The lowest BCUT2D eigenvalue weighted by molar-refractivity contribution is -0.139. The first kappa shape index (κ1) is 14.5. The lowest BCUT2D eigenvalue weighted by atomic mass is 10.1. The van der Waals surface area contributed by atoms with Crippen molar-refractivity contribution >= 4 is 33.3 Å². The molecular weight excluding hydrogens is 281 g/mol. The monoisotopic (exact) mass is 295 g/mol. The number of nitrogens with one attached hydrogen (secondary N) is 1. The van der Waals surface area contributed by atoms with Gasteiger partial charge in [0, 0.05) is 4.70 Å². The number of carboxylic acids is 1. The summed E-state index contributed by atoms with van der Waals surface area (Å²) in [6.07, 6.45) is 0.305. The molecule has 6 heteroatoms. The van der Waals surface area contributed by atoms with Gasteiger partial charge in [0.1, 0.15) is 11.9 Å². The van der Waals surface area contributed by atoms with Crippen LogP contribution < -0.4 is 5.32 Å². The number of rotatable bonds is 4. The van der Waals surface area contributed by atoms with E-state index in [-0.39, 0.29) is 5.82 Å². The quantitative estimate of drug-likeness (QED) is 0.911. The highest BCUT2D eigenvalue weighted by atomic mass is 32.1. The third kappa shape index (κ3) is 2.65. The molecule has 20 heavy (non-hydrogen) atoms. The number of benzene rings is 1. The molecule has 106 valence electrons. The van der Waals surface area contributed by atoms with Crippen molar-refractivity contribution in [1.29, 1.82) is 0 Å². The number of halogens is 1. The van der Waals surface area contributed by atoms with Gasteiger partial charge in [0.2, 0.25) is 0 Å². The molecule has 1 amide bonds. The molecule has 0 aliphatic rings.